The molecule has 0 spiro atoms. The number of aromatic nitrogens is 2. The van der Waals surface area contributed by atoms with Gasteiger partial charge in [-0.2, -0.15) is 0 Å². The van der Waals surface area contributed by atoms with Crippen molar-refractivity contribution >= 4 is 23.1 Å². The van der Waals surface area contributed by atoms with Crippen LogP contribution in [0.3, 0.4) is 0 Å². The Morgan fingerprint density at radius 2 is 1.45 bits per heavy atom. The summed E-state index contributed by atoms with van der Waals surface area (Å²) < 4.78 is 0. The number of nitrogens with zero attached hydrogens (tertiary/aromatic N) is 5. The molecule has 2 aliphatic rings. The Morgan fingerprint density at radius 3 is 2.10 bits per heavy atom. The van der Waals surface area contributed by atoms with Crippen LogP contribution >= 0.6 is 0 Å². The Hall–Kier alpha value is -2.64. The molecule has 4 rings (SSSR count). The van der Waals surface area contributed by atoms with Gasteiger partial charge in [0, 0.05) is 11.8 Å². The van der Waals surface area contributed by atoms with Crippen LogP contribution in [0.4, 0.5) is 11.6 Å². The quantitative estimate of drug-likeness (QED) is 0.591. The summed E-state index contributed by atoms with van der Waals surface area (Å²) >= 11 is 0. The Kier molecular flexibility index (Phi) is 6.73. The highest BCUT2D eigenvalue weighted by Crippen LogP contribution is 2.25. The Balaban J connectivity index is 1.62. The number of rotatable bonds is 5. The standard InChI is InChI=1S/C24H32N6O/c1-29-13-9-17(10-14-29)23(19-5-3-7-21(25)26-19)28-22-8-4-6-20(27-22)24(31)18-11-15-30(2)16-12-18/h3-8,17-18H,9-16H2,1-2H3,(H2,25,26). The number of nitrogens with two attached hydrogens (primary N) is 1. The summed E-state index contributed by atoms with van der Waals surface area (Å²) in [6, 6.07) is 11.2. The topological polar surface area (TPSA) is 87.7 Å². The normalized spacial score (nSPS) is 20.1. The van der Waals surface area contributed by atoms with Crippen LogP contribution in [0.5, 0.6) is 0 Å². The molecule has 0 saturated carbocycles. The molecule has 0 aromatic carbocycles. The predicted octanol–water partition coefficient (Wildman–Crippen LogP) is 3.05. The van der Waals surface area contributed by atoms with E-state index in [4.69, 9.17) is 10.7 Å². The van der Waals surface area contributed by atoms with Crippen molar-refractivity contribution in [3.05, 3.63) is 47.8 Å². The van der Waals surface area contributed by atoms with E-state index in [9.17, 15) is 4.79 Å². The molecule has 2 aromatic rings. The lowest BCUT2D eigenvalue weighted by molar-refractivity contribution is 0.0851. The molecule has 0 atom stereocenters. The van der Waals surface area contributed by atoms with Gasteiger partial charge in [-0.05, 0) is 90.2 Å². The maximum Gasteiger partial charge on any atom is 0.184 e. The number of aliphatic imine (C=N–C) groups is 1. The minimum atomic E-state index is 0.0480. The second kappa shape index (κ2) is 9.66. The van der Waals surface area contributed by atoms with E-state index in [0.29, 0.717) is 23.2 Å². The molecule has 31 heavy (non-hydrogen) atoms. The van der Waals surface area contributed by atoms with Gasteiger partial charge in [-0.3, -0.25) is 4.79 Å². The van der Waals surface area contributed by atoms with Crippen molar-refractivity contribution < 1.29 is 4.79 Å². The molecule has 2 saturated heterocycles. The van der Waals surface area contributed by atoms with Gasteiger partial charge in [0.2, 0.25) is 0 Å². The number of anilines is 1. The minimum absolute atomic E-state index is 0.0480. The monoisotopic (exact) mass is 420 g/mol. The van der Waals surface area contributed by atoms with Crippen molar-refractivity contribution in [2.24, 2.45) is 16.8 Å². The first kappa shape index (κ1) is 21.6. The summed E-state index contributed by atoms with van der Waals surface area (Å²) in [4.78, 5) is 31.7. The van der Waals surface area contributed by atoms with Gasteiger partial charge in [0.15, 0.2) is 11.6 Å². The van der Waals surface area contributed by atoms with E-state index >= 15 is 0 Å². The number of ketones is 1. The van der Waals surface area contributed by atoms with E-state index < -0.39 is 0 Å². The van der Waals surface area contributed by atoms with E-state index in [0.717, 1.165) is 63.3 Å². The number of carbonyl (C=O) groups excluding carboxylic acids is 1. The zero-order valence-corrected chi connectivity index (χ0v) is 18.5. The van der Waals surface area contributed by atoms with Crippen molar-refractivity contribution in [2.75, 3.05) is 46.0 Å². The first-order chi connectivity index (χ1) is 15.0. The molecule has 7 heteroatoms. The average Bonchev–Trinajstić information content (AvgIpc) is 2.78. The highest BCUT2D eigenvalue weighted by Gasteiger charge is 2.26. The molecule has 0 amide bonds. The molecule has 0 radical (unpaired) electrons. The Labute approximate surface area is 184 Å². The van der Waals surface area contributed by atoms with Crippen molar-refractivity contribution in [2.45, 2.75) is 25.7 Å². The van der Waals surface area contributed by atoms with Gasteiger partial charge in [-0.15, -0.1) is 0 Å². The van der Waals surface area contributed by atoms with E-state index in [1.54, 1.807) is 6.07 Å². The molecule has 2 N–H and O–H groups in total. The largest absolute Gasteiger partial charge is 0.384 e. The molecular weight excluding hydrogens is 388 g/mol. The molecule has 0 bridgehead atoms. The van der Waals surface area contributed by atoms with Crippen LogP contribution in [0.2, 0.25) is 0 Å². The molecule has 164 valence electrons. The predicted molar refractivity (Wildman–Crippen MR) is 124 cm³/mol. The molecule has 2 aromatic heterocycles. The highest BCUT2D eigenvalue weighted by molar-refractivity contribution is 6.02. The molecule has 0 unspecified atom stereocenters. The molecule has 4 heterocycles. The van der Waals surface area contributed by atoms with Gasteiger partial charge in [0.05, 0.1) is 11.4 Å². The highest BCUT2D eigenvalue weighted by atomic mass is 16.1. The maximum atomic E-state index is 13.0. The minimum Gasteiger partial charge on any atom is -0.384 e. The fourth-order valence-corrected chi connectivity index (χ4v) is 4.46. The Bertz CT molecular complexity index is 943. The zero-order chi connectivity index (χ0) is 21.8. The van der Waals surface area contributed by atoms with Gasteiger partial charge >= 0.3 is 0 Å². The van der Waals surface area contributed by atoms with Crippen LogP contribution in [-0.4, -0.2) is 71.5 Å². The second-order valence-electron chi connectivity index (χ2n) is 8.85. The number of pyridine rings is 2. The zero-order valence-electron chi connectivity index (χ0n) is 18.5. The fraction of sp³-hybridized carbons (Fsp3) is 0.500. The van der Waals surface area contributed by atoms with Gasteiger partial charge in [-0.1, -0.05) is 12.1 Å². The van der Waals surface area contributed by atoms with E-state index in [2.05, 4.69) is 33.9 Å². The first-order valence-electron chi connectivity index (χ1n) is 11.2. The molecular formula is C24H32N6O. The average molecular weight is 421 g/mol. The van der Waals surface area contributed by atoms with Crippen molar-refractivity contribution in [1.82, 2.24) is 19.8 Å². The van der Waals surface area contributed by atoms with Gasteiger partial charge in [0.25, 0.3) is 0 Å². The number of likely N-dealkylation sites (tertiary alicyclic amines) is 2. The van der Waals surface area contributed by atoms with Crippen molar-refractivity contribution in [1.29, 1.82) is 0 Å². The van der Waals surface area contributed by atoms with Gasteiger partial charge in [-0.25, -0.2) is 15.0 Å². The fourth-order valence-electron chi connectivity index (χ4n) is 4.46. The summed E-state index contributed by atoms with van der Waals surface area (Å²) in [6.45, 7) is 3.95. The lowest BCUT2D eigenvalue weighted by Gasteiger charge is -2.29. The summed E-state index contributed by atoms with van der Waals surface area (Å²) in [5.74, 6) is 1.52. The molecule has 2 fully saturated rings. The number of hydrogen-bond donors (Lipinski definition) is 1. The summed E-state index contributed by atoms with van der Waals surface area (Å²) in [6.07, 6.45) is 3.80. The van der Waals surface area contributed by atoms with Crippen LogP contribution in [0.1, 0.15) is 41.9 Å². The lowest BCUT2D eigenvalue weighted by Crippen LogP contribution is -2.34. The van der Waals surface area contributed by atoms with Gasteiger partial charge < -0.3 is 15.5 Å². The molecule has 0 aliphatic carbocycles. The second-order valence-corrected chi connectivity index (χ2v) is 8.85. The maximum absolute atomic E-state index is 13.0. The van der Waals surface area contributed by atoms with E-state index in [1.807, 2.05) is 30.3 Å². The third-order valence-electron chi connectivity index (χ3n) is 6.45. The van der Waals surface area contributed by atoms with Crippen LogP contribution in [0.15, 0.2) is 41.4 Å². The van der Waals surface area contributed by atoms with Crippen LogP contribution in [-0.2, 0) is 0 Å². The number of hydrogen-bond acceptors (Lipinski definition) is 7. The third-order valence-corrected chi connectivity index (χ3v) is 6.45. The van der Waals surface area contributed by atoms with Crippen LogP contribution < -0.4 is 5.73 Å². The number of Topliss-reactive ketones (excluding diaryl/α,β-unsaturated/α-hetero) is 1. The summed E-state index contributed by atoms with van der Waals surface area (Å²) in [5, 5.41) is 0. The Morgan fingerprint density at radius 1 is 0.871 bits per heavy atom. The van der Waals surface area contributed by atoms with Crippen LogP contribution in [0.25, 0.3) is 0 Å². The smallest absolute Gasteiger partial charge is 0.184 e. The van der Waals surface area contributed by atoms with E-state index in [1.165, 1.54) is 0 Å². The lowest BCUT2D eigenvalue weighted by atomic mass is 9.90. The number of piperidine rings is 2. The first-order valence-corrected chi connectivity index (χ1v) is 11.2. The van der Waals surface area contributed by atoms with Crippen LogP contribution in [0, 0.1) is 11.8 Å². The summed E-state index contributed by atoms with van der Waals surface area (Å²) in [5.41, 5.74) is 8.18. The van der Waals surface area contributed by atoms with Crippen molar-refractivity contribution in [3.8, 4) is 0 Å². The SMILES string of the molecule is CN1CCC(C(=O)c2cccc(N=C(c3cccc(N)n3)C3CCN(C)CC3)n2)CC1. The van der Waals surface area contributed by atoms with Crippen molar-refractivity contribution in [3.63, 3.8) is 0 Å². The molecule has 2 aliphatic heterocycles. The van der Waals surface area contributed by atoms with Gasteiger partial charge in [0.1, 0.15) is 11.5 Å². The van der Waals surface area contributed by atoms with E-state index in [-0.39, 0.29) is 11.7 Å². The molecule has 7 nitrogen and oxygen atoms in total. The third kappa shape index (κ3) is 5.35. The number of nitrogen functional groups attached to an aromatic ring is 1. The summed E-state index contributed by atoms with van der Waals surface area (Å²) in [7, 11) is 4.24. The number of carbonyl (C=O) groups is 1.